The molecule has 0 spiro atoms. The van der Waals surface area contributed by atoms with Gasteiger partial charge >= 0.3 is 0 Å². The number of H-pyrrole nitrogens is 2. The summed E-state index contributed by atoms with van der Waals surface area (Å²) >= 11 is 0. The summed E-state index contributed by atoms with van der Waals surface area (Å²) in [5.41, 5.74) is 2.53. The number of carbonyl (C=O) groups excluding carboxylic acids is 1. The Morgan fingerprint density at radius 1 is 1.22 bits per heavy atom. The molecule has 3 N–H and O–H groups in total. The summed E-state index contributed by atoms with van der Waals surface area (Å²) in [7, 11) is 0. The van der Waals surface area contributed by atoms with Gasteiger partial charge in [-0.3, -0.25) is 4.79 Å². The van der Waals surface area contributed by atoms with E-state index in [0.29, 0.717) is 23.3 Å². The Morgan fingerprint density at radius 2 is 2.13 bits per heavy atom. The molecule has 0 aliphatic heterocycles. The minimum absolute atomic E-state index is 0.274. The van der Waals surface area contributed by atoms with Crippen molar-refractivity contribution in [2.75, 3.05) is 0 Å². The average molecular weight is 308 g/mol. The highest BCUT2D eigenvalue weighted by Gasteiger charge is 2.15. The van der Waals surface area contributed by atoms with Crippen molar-refractivity contribution in [3.8, 4) is 0 Å². The summed E-state index contributed by atoms with van der Waals surface area (Å²) in [5, 5.41) is 4.55. The number of pyridine rings is 1. The minimum Gasteiger partial charge on any atom is -0.367 e. The van der Waals surface area contributed by atoms with Crippen LogP contribution in [0.2, 0.25) is 0 Å². The van der Waals surface area contributed by atoms with E-state index < -0.39 is 0 Å². The van der Waals surface area contributed by atoms with Gasteiger partial charge in [0.25, 0.3) is 5.91 Å². The molecule has 0 fully saturated rings. The highest BCUT2D eigenvalue weighted by atomic mass is 19.1. The molecule has 0 atom stereocenters. The number of nitrogens with zero attached hydrogens (tertiary/aromatic N) is 1. The van der Waals surface area contributed by atoms with E-state index in [1.165, 1.54) is 12.1 Å². The first kappa shape index (κ1) is 13.5. The molecular formula is C17H13FN4O. The molecule has 114 valence electrons. The second-order valence-electron chi connectivity index (χ2n) is 5.30. The number of amides is 1. The summed E-state index contributed by atoms with van der Waals surface area (Å²) in [6, 6.07) is 8.22. The quantitative estimate of drug-likeness (QED) is 0.544. The zero-order chi connectivity index (χ0) is 15.8. The number of fused-ring (bicyclic) bond motifs is 3. The van der Waals surface area contributed by atoms with E-state index in [1.807, 2.05) is 18.3 Å². The van der Waals surface area contributed by atoms with E-state index >= 15 is 0 Å². The summed E-state index contributed by atoms with van der Waals surface area (Å²) in [4.78, 5) is 22.6. The number of hydrogen-bond donors (Lipinski definition) is 3. The molecule has 0 saturated carbocycles. The molecule has 5 nitrogen and oxygen atoms in total. The lowest BCUT2D eigenvalue weighted by molar-refractivity contribution is 0.0947. The molecule has 4 aromatic rings. The number of benzene rings is 1. The van der Waals surface area contributed by atoms with Gasteiger partial charge in [-0.05, 0) is 35.9 Å². The Kier molecular flexibility index (Phi) is 3.08. The zero-order valence-electron chi connectivity index (χ0n) is 12.1. The van der Waals surface area contributed by atoms with Gasteiger partial charge in [0.2, 0.25) is 0 Å². The maximum absolute atomic E-state index is 13.4. The van der Waals surface area contributed by atoms with Crippen molar-refractivity contribution in [3.63, 3.8) is 0 Å². The number of halogens is 1. The van der Waals surface area contributed by atoms with Crippen molar-refractivity contribution in [1.29, 1.82) is 0 Å². The van der Waals surface area contributed by atoms with Gasteiger partial charge in [-0.15, -0.1) is 0 Å². The second kappa shape index (κ2) is 5.24. The van der Waals surface area contributed by atoms with Crippen LogP contribution in [-0.2, 0) is 6.54 Å². The maximum atomic E-state index is 13.4. The van der Waals surface area contributed by atoms with Crippen LogP contribution in [0.5, 0.6) is 0 Å². The number of hydrogen-bond acceptors (Lipinski definition) is 2. The molecule has 1 aromatic carbocycles. The highest BCUT2D eigenvalue weighted by molar-refractivity contribution is 6.13. The topological polar surface area (TPSA) is 73.6 Å². The zero-order valence-corrected chi connectivity index (χ0v) is 12.1. The van der Waals surface area contributed by atoms with E-state index in [0.717, 1.165) is 16.3 Å². The Bertz CT molecular complexity index is 1000. The lowest BCUT2D eigenvalue weighted by atomic mass is 10.1. The molecule has 0 bridgehead atoms. The second-order valence-corrected chi connectivity index (χ2v) is 5.30. The van der Waals surface area contributed by atoms with Crippen LogP contribution in [0.15, 0.2) is 48.9 Å². The van der Waals surface area contributed by atoms with Crippen LogP contribution in [-0.4, -0.2) is 20.9 Å². The molecule has 1 amide bonds. The van der Waals surface area contributed by atoms with Crippen molar-refractivity contribution in [2.45, 2.75) is 6.54 Å². The highest BCUT2D eigenvalue weighted by Crippen LogP contribution is 2.27. The smallest absolute Gasteiger partial charge is 0.272 e. The van der Waals surface area contributed by atoms with Gasteiger partial charge in [0.05, 0.1) is 5.52 Å². The molecule has 0 radical (unpaired) electrons. The van der Waals surface area contributed by atoms with Gasteiger partial charge in [-0.25, -0.2) is 9.37 Å². The van der Waals surface area contributed by atoms with Crippen molar-refractivity contribution >= 4 is 27.7 Å². The van der Waals surface area contributed by atoms with Gasteiger partial charge in [-0.2, -0.15) is 0 Å². The van der Waals surface area contributed by atoms with Crippen molar-refractivity contribution in [1.82, 2.24) is 20.3 Å². The summed E-state index contributed by atoms with van der Waals surface area (Å²) < 4.78 is 13.4. The van der Waals surface area contributed by atoms with Gasteiger partial charge in [-0.1, -0.05) is 0 Å². The molecule has 0 aliphatic rings. The summed E-state index contributed by atoms with van der Waals surface area (Å²) in [5.74, 6) is -0.598. The molecule has 23 heavy (non-hydrogen) atoms. The number of nitrogens with one attached hydrogen (secondary N) is 3. The molecule has 3 aromatic heterocycles. The van der Waals surface area contributed by atoms with E-state index in [-0.39, 0.29) is 11.7 Å². The van der Waals surface area contributed by atoms with Crippen molar-refractivity contribution < 1.29 is 9.18 Å². The van der Waals surface area contributed by atoms with E-state index in [4.69, 9.17) is 0 Å². The van der Waals surface area contributed by atoms with Crippen LogP contribution in [0.25, 0.3) is 21.8 Å². The van der Waals surface area contributed by atoms with Crippen LogP contribution in [0, 0.1) is 5.82 Å². The first-order valence-electron chi connectivity index (χ1n) is 7.18. The lowest BCUT2D eigenvalue weighted by Crippen LogP contribution is -2.23. The number of carbonyl (C=O) groups is 1. The van der Waals surface area contributed by atoms with E-state index in [2.05, 4.69) is 20.3 Å². The largest absolute Gasteiger partial charge is 0.367 e. The summed E-state index contributed by atoms with van der Waals surface area (Å²) in [6.07, 6.45) is 5.21. The van der Waals surface area contributed by atoms with Crippen LogP contribution in [0.4, 0.5) is 4.39 Å². The maximum Gasteiger partial charge on any atom is 0.272 e. The monoisotopic (exact) mass is 308 g/mol. The van der Waals surface area contributed by atoms with Crippen LogP contribution >= 0.6 is 0 Å². The molecule has 3 heterocycles. The fraction of sp³-hybridized carbons (Fsp3) is 0.0588. The van der Waals surface area contributed by atoms with Crippen LogP contribution in [0.3, 0.4) is 0 Å². The first-order chi connectivity index (χ1) is 11.2. The number of aromatic amines is 2. The number of rotatable bonds is 3. The standard InChI is InChI=1S/C17H13FN4O/c18-11-1-2-12-13-4-6-20-16(15(13)22-14(12)7-11)17(23)21-9-10-3-5-19-8-10/h1-8,19,22H,9H2,(H,21,23). The molecule has 0 aliphatic carbocycles. The Hall–Kier alpha value is -3.15. The van der Waals surface area contributed by atoms with Crippen LogP contribution in [0.1, 0.15) is 16.1 Å². The fourth-order valence-electron chi connectivity index (χ4n) is 2.71. The third kappa shape index (κ3) is 2.34. The Labute approximate surface area is 130 Å². The van der Waals surface area contributed by atoms with Gasteiger partial charge in [0.15, 0.2) is 5.69 Å². The molecule has 4 rings (SSSR count). The van der Waals surface area contributed by atoms with Crippen LogP contribution < -0.4 is 5.32 Å². The normalized spacial score (nSPS) is 11.2. The third-order valence-corrected chi connectivity index (χ3v) is 3.81. The van der Waals surface area contributed by atoms with E-state index in [9.17, 15) is 9.18 Å². The fourth-order valence-corrected chi connectivity index (χ4v) is 2.71. The lowest BCUT2D eigenvalue weighted by Gasteiger charge is -2.04. The van der Waals surface area contributed by atoms with Crippen molar-refractivity contribution in [3.05, 3.63) is 66.0 Å². The molecule has 0 unspecified atom stereocenters. The SMILES string of the molecule is O=C(NCc1cc[nH]c1)c1nccc2c1[nH]c1cc(F)ccc12. The predicted molar refractivity (Wildman–Crippen MR) is 85.5 cm³/mol. The third-order valence-electron chi connectivity index (χ3n) is 3.81. The Morgan fingerprint density at radius 3 is 2.96 bits per heavy atom. The molecular weight excluding hydrogens is 295 g/mol. The van der Waals surface area contributed by atoms with Gasteiger partial charge in [0, 0.05) is 41.4 Å². The average Bonchev–Trinajstić information content (AvgIpc) is 3.18. The Balaban J connectivity index is 1.74. The number of aromatic nitrogens is 3. The predicted octanol–water partition coefficient (Wildman–Crippen LogP) is 3.11. The first-order valence-corrected chi connectivity index (χ1v) is 7.18. The van der Waals surface area contributed by atoms with Gasteiger partial charge in [0.1, 0.15) is 5.82 Å². The van der Waals surface area contributed by atoms with E-state index in [1.54, 1.807) is 18.5 Å². The van der Waals surface area contributed by atoms with Gasteiger partial charge < -0.3 is 15.3 Å². The molecule has 6 heteroatoms. The molecule has 0 saturated heterocycles. The summed E-state index contributed by atoms with van der Waals surface area (Å²) in [6.45, 7) is 0.412. The van der Waals surface area contributed by atoms with Crippen molar-refractivity contribution in [2.24, 2.45) is 0 Å². The minimum atomic E-state index is -0.324.